The van der Waals surface area contributed by atoms with Crippen molar-refractivity contribution in [1.29, 1.82) is 0 Å². The van der Waals surface area contributed by atoms with Gasteiger partial charge in [-0.2, -0.15) is 0 Å². The zero-order valence-corrected chi connectivity index (χ0v) is 17.8. The van der Waals surface area contributed by atoms with E-state index in [1.54, 1.807) is 6.07 Å². The first kappa shape index (κ1) is 20.5. The first-order chi connectivity index (χ1) is 13.7. The van der Waals surface area contributed by atoms with Gasteiger partial charge in [-0.1, -0.05) is 31.5 Å². The molecule has 158 valence electrons. The molecule has 0 aromatic heterocycles. The second-order valence-electron chi connectivity index (χ2n) is 9.17. The maximum atomic E-state index is 12.3. The third-order valence-corrected chi connectivity index (χ3v) is 7.33. The number of aliphatic carboxylic acids is 1. The van der Waals surface area contributed by atoms with Crippen LogP contribution in [0.15, 0.2) is 18.2 Å². The number of hydrogen-bond acceptors (Lipinski definition) is 4. The maximum Gasteiger partial charge on any atom is 0.307 e. The van der Waals surface area contributed by atoms with E-state index in [9.17, 15) is 9.59 Å². The predicted molar refractivity (Wildman–Crippen MR) is 108 cm³/mol. The molecule has 2 aliphatic heterocycles. The second kappa shape index (κ2) is 7.17. The van der Waals surface area contributed by atoms with Crippen molar-refractivity contribution in [2.75, 3.05) is 0 Å². The van der Waals surface area contributed by atoms with Crippen LogP contribution in [0.1, 0.15) is 52.0 Å². The van der Waals surface area contributed by atoms with Crippen molar-refractivity contribution in [3.8, 4) is 5.75 Å². The van der Waals surface area contributed by atoms with Crippen molar-refractivity contribution < 1.29 is 24.2 Å². The number of hydrogen-bond donors (Lipinski definition) is 2. The quantitative estimate of drug-likeness (QED) is 0.699. The van der Waals surface area contributed by atoms with E-state index in [2.05, 4.69) is 26.1 Å². The Morgan fingerprint density at radius 1 is 1.34 bits per heavy atom. The Hall–Kier alpha value is -1.79. The molecule has 1 amide bonds. The lowest BCUT2D eigenvalue weighted by Crippen LogP contribution is -2.40. The lowest BCUT2D eigenvalue weighted by atomic mass is 9.75. The summed E-state index contributed by atoms with van der Waals surface area (Å²) >= 11 is 6.41. The van der Waals surface area contributed by atoms with E-state index in [0.29, 0.717) is 28.7 Å². The SMILES string of the molecule is CC(C)[C@@]12CC[C@@](C)(O1)[C@H](Oc1cccc(Cl)c1CNC(=O)[C@H]1C[C@@H]1C(=O)O)C2. The number of ether oxygens (including phenoxy) is 2. The molecule has 1 aromatic carbocycles. The zero-order chi connectivity index (χ0) is 21.0. The number of halogens is 1. The highest BCUT2D eigenvalue weighted by Crippen LogP contribution is 2.55. The molecular formula is C22H28ClNO5. The number of benzene rings is 1. The summed E-state index contributed by atoms with van der Waals surface area (Å²) in [5.41, 5.74) is 0.250. The van der Waals surface area contributed by atoms with Gasteiger partial charge in [0.2, 0.25) is 5.91 Å². The highest BCUT2D eigenvalue weighted by atomic mass is 35.5. The van der Waals surface area contributed by atoms with E-state index in [0.717, 1.165) is 19.3 Å². The average molecular weight is 422 g/mol. The van der Waals surface area contributed by atoms with Crippen LogP contribution >= 0.6 is 11.6 Å². The number of nitrogens with one attached hydrogen (secondary N) is 1. The van der Waals surface area contributed by atoms with Crippen LogP contribution in [0.4, 0.5) is 0 Å². The van der Waals surface area contributed by atoms with Crippen molar-refractivity contribution in [3.05, 3.63) is 28.8 Å². The third kappa shape index (κ3) is 3.61. The fraction of sp³-hybridized carbons (Fsp3) is 0.636. The minimum atomic E-state index is -0.921. The summed E-state index contributed by atoms with van der Waals surface area (Å²) in [5, 5.41) is 12.3. The molecule has 0 unspecified atom stereocenters. The molecule has 6 nitrogen and oxygen atoms in total. The van der Waals surface area contributed by atoms with Crippen LogP contribution in [0.2, 0.25) is 5.02 Å². The van der Waals surface area contributed by atoms with Gasteiger partial charge in [-0.3, -0.25) is 9.59 Å². The van der Waals surface area contributed by atoms with Crippen LogP contribution in [-0.4, -0.2) is 34.3 Å². The molecule has 2 saturated heterocycles. The first-order valence-electron chi connectivity index (χ1n) is 10.3. The van der Waals surface area contributed by atoms with Gasteiger partial charge >= 0.3 is 5.97 Å². The Morgan fingerprint density at radius 3 is 2.72 bits per heavy atom. The summed E-state index contributed by atoms with van der Waals surface area (Å²) in [4.78, 5) is 23.2. The molecular weight excluding hydrogens is 394 g/mol. The highest BCUT2D eigenvalue weighted by molar-refractivity contribution is 6.31. The molecule has 3 aliphatic rings. The second-order valence-corrected chi connectivity index (χ2v) is 9.57. The number of carbonyl (C=O) groups is 2. The Balaban J connectivity index is 1.46. The monoisotopic (exact) mass is 421 g/mol. The van der Waals surface area contributed by atoms with Crippen LogP contribution in [0, 0.1) is 17.8 Å². The molecule has 1 aliphatic carbocycles. The van der Waals surface area contributed by atoms with Gasteiger partial charge in [-0.15, -0.1) is 0 Å². The summed E-state index contributed by atoms with van der Waals surface area (Å²) in [7, 11) is 0. The van der Waals surface area contributed by atoms with Gasteiger partial charge < -0.3 is 19.9 Å². The van der Waals surface area contributed by atoms with Crippen LogP contribution < -0.4 is 10.1 Å². The zero-order valence-electron chi connectivity index (χ0n) is 17.0. The Morgan fingerprint density at radius 2 is 2.10 bits per heavy atom. The molecule has 7 heteroatoms. The van der Waals surface area contributed by atoms with Crippen molar-refractivity contribution in [2.45, 2.75) is 70.3 Å². The number of rotatable bonds is 7. The van der Waals surface area contributed by atoms with Gasteiger partial charge in [-0.25, -0.2) is 0 Å². The molecule has 0 spiro atoms. The minimum absolute atomic E-state index is 0.0774. The van der Waals surface area contributed by atoms with E-state index in [1.165, 1.54) is 0 Å². The van der Waals surface area contributed by atoms with Crippen molar-refractivity contribution in [3.63, 3.8) is 0 Å². The standard InChI is InChI=1S/C22H28ClNO5/c1-12(2)22-8-7-21(3,29-22)18(10-22)28-17-6-4-5-16(23)15(17)11-24-19(25)13-9-14(13)20(26)27/h4-6,12-14,18H,7-11H2,1-3H3,(H,24,25)(H,26,27)/t13-,14-,18+,21+,22-/m0/s1. The summed E-state index contributed by atoms with van der Waals surface area (Å²) in [6.07, 6.45) is 3.16. The van der Waals surface area contributed by atoms with E-state index in [1.807, 2.05) is 12.1 Å². The van der Waals surface area contributed by atoms with E-state index >= 15 is 0 Å². The third-order valence-electron chi connectivity index (χ3n) is 6.97. The Kier molecular flexibility index (Phi) is 5.06. The minimum Gasteiger partial charge on any atom is -0.487 e. The lowest BCUT2D eigenvalue weighted by Gasteiger charge is -2.32. The smallest absolute Gasteiger partial charge is 0.307 e. The van der Waals surface area contributed by atoms with Crippen molar-refractivity contribution in [2.24, 2.45) is 17.8 Å². The van der Waals surface area contributed by atoms with Crippen molar-refractivity contribution in [1.82, 2.24) is 5.32 Å². The predicted octanol–water partition coefficient (Wildman–Crippen LogP) is 3.79. The molecule has 4 rings (SSSR count). The van der Waals surface area contributed by atoms with Crippen LogP contribution in [-0.2, 0) is 20.9 Å². The number of fused-ring (bicyclic) bond motifs is 2. The van der Waals surface area contributed by atoms with Gasteiger partial charge in [0.25, 0.3) is 0 Å². The summed E-state index contributed by atoms with van der Waals surface area (Å²) in [5.74, 6) is -1.15. The fourth-order valence-electron chi connectivity index (χ4n) is 4.77. The van der Waals surface area contributed by atoms with Gasteiger partial charge in [0.1, 0.15) is 17.5 Å². The van der Waals surface area contributed by atoms with E-state index in [4.69, 9.17) is 26.2 Å². The summed E-state index contributed by atoms with van der Waals surface area (Å²) in [6.45, 7) is 6.70. The number of carbonyl (C=O) groups excluding carboxylic acids is 1. The molecule has 0 radical (unpaired) electrons. The molecule has 1 saturated carbocycles. The molecule has 1 aromatic rings. The molecule has 2 heterocycles. The van der Waals surface area contributed by atoms with Crippen molar-refractivity contribution >= 4 is 23.5 Å². The van der Waals surface area contributed by atoms with Gasteiger partial charge in [0.15, 0.2) is 0 Å². The van der Waals surface area contributed by atoms with Gasteiger partial charge in [0, 0.05) is 23.6 Å². The van der Waals surface area contributed by atoms with Gasteiger partial charge in [-0.05, 0) is 44.2 Å². The molecule has 2 bridgehead atoms. The topological polar surface area (TPSA) is 84.9 Å². The highest BCUT2D eigenvalue weighted by Gasteiger charge is 2.61. The molecule has 3 fully saturated rings. The normalized spacial score (nSPS) is 35.0. The average Bonchev–Trinajstić information content (AvgIpc) is 3.32. The summed E-state index contributed by atoms with van der Waals surface area (Å²) in [6, 6.07) is 5.46. The van der Waals surface area contributed by atoms with Crippen LogP contribution in [0.5, 0.6) is 5.75 Å². The Labute approximate surface area is 175 Å². The van der Waals surface area contributed by atoms with Crippen LogP contribution in [0.25, 0.3) is 0 Å². The maximum absolute atomic E-state index is 12.3. The van der Waals surface area contributed by atoms with E-state index < -0.39 is 17.8 Å². The molecule has 29 heavy (non-hydrogen) atoms. The largest absolute Gasteiger partial charge is 0.487 e. The van der Waals surface area contributed by atoms with E-state index in [-0.39, 0.29) is 29.8 Å². The lowest BCUT2D eigenvalue weighted by molar-refractivity contribution is -0.140. The fourth-order valence-corrected chi connectivity index (χ4v) is 5.01. The summed E-state index contributed by atoms with van der Waals surface area (Å²) < 4.78 is 12.9. The van der Waals surface area contributed by atoms with Crippen LogP contribution in [0.3, 0.4) is 0 Å². The number of carboxylic acid groups (broad SMARTS) is 1. The molecule has 5 atom stereocenters. The molecule has 2 N–H and O–H groups in total. The first-order valence-corrected chi connectivity index (χ1v) is 10.7. The number of carboxylic acids is 1. The Bertz CT molecular complexity index is 842. The number of amides is 1. The van der Waals surface area contributed by atoms with Gasteiger partial charge in [0.05, 0.1) is 17.4 Å².